The van der Waals surface area contributed by atoms with Crippen LogP contribution in [0, 0.1) is 18.3 Å². The van der Waals surface area contributed by atoms with E-state index in [1.54, 1.807) is 11.3 Å². The van der Waals surface area contributed by atoms with Crippen molar-refractivity contribution in [3.05, 3.63) is 46.3 Å². The summed E-state index contributed by atoms with van der Waals surface area (Å²) in [6, 6.07) is 13.0. The molecule has 0 spiro atoms. The Hall–Kier alpha value is -1.59. The molecule has 2 heteroatoms. The van der Waals surface area contributed by atoms with Crippen LogP contribution in [0.5, 0.6) is 0 Å². The molecular weight excluding hydrogens is 262 g/mol. The van der Waals surface area contributed by atoms with E-state index in [0.717, 1.165) is 17.5 Å². The summed E-state index contributed by atoms with van der Waals surface area (Å²) in [5.41, 5.74) is 3.20. The van der Waals surface area contributed by atoms with Crippen LogP contribution >= 0.6 is 11.3 Å². The minimum atomic E-state index is 0.838. The number of hydrogen-bond donors (Lipinski definition) is 0. The van der Waals surface area contributed by atoms with Crippen LogP contribution in [-0.2, 0) is 6.42 Å². The van der Waals surface area contributed by atoms with Crippen molar-refractivity contribution in [1.82, 2.24) is 0 Å². The Labute approximate surface area is 125 Å². The number of rotatable bonds is 6. The molecule has 2 rings (SSSR count). The van der Waals surface area contributed by atoms with E-state index in [2.05, 4.69) is 44.2 Å². The standard InChI is InChI=1S/C18H21NS/c1-3-4-5-6-7-15-9-10-16(12-17(15)13-19)18-11-8-14(2)20-18/h8-12H,3-7H2,1-2H3. The summed E-state index contributed by atoms with van der Waals surface area (Å²) in [6.45, 7) is 4.33. The molecule has 0 radical (unpaired) electrons. The molecule has 0 N–H and O–H groups in total. The van der Waals surface area contributed by atoms with Crippen molar-refractivity contribution < 1.29 is 0 Å². The second kappa shape index (κ2) is 7.26. The van der Waals surface area contributed by atoms with Crippen molar-refractivity contribution in [1.29, 1.82) is 5.26 Å². The molecule has 0 amide bonds. The van der Waals surface area contributed by atoms with Gasteiger partial charge in [0.25, 0.3) is 0 Å². The SMILES string of the molecule is CCCCCCc1ccc(-c2ccc(C)s2)cc1C#N. The fourth-order valence-electron chi connectivity index (χ4n) is 2.38. The molecule has 0 saturated carbocycles. The minimum Gasteiger partial charge on any atom is -0.192 e. The topological polar surface area (TPSA) is 23.8 Å². The average molecular weight is 283 g/mol. The Balaban J connectivity index is 2.14. The number of thiophene rings is 1. The van der Waals surface area contributed by atoms with Gasteiger partial charge in [-0.1, -0.05) is 38.3 Å². The van der Waals surface area contributed by atoms with Crippen molar-refractivity contribution in [3.63, 3.8) is 0 Å². The maximum atomic E-state index is 9.35. The predicted octanol–water partition coefficient (Wildman–Crippen LogP) is 5.72. The molecule has 0 aliphatic heterocycles. The highest BCUT2D eigenvalue weighted by Crippen LogP contribution is 2.29. The van der Waals surface area contributed by atoms with Crippen molar-refractivity contribution in [2.45, 2.75) is 46.0 Å². The lowest BCUT2D eigenvalue weighted by molar-refractivity contribution is 0.666. The fraction of sp³-hybridized carbons (Fsp3) is 0.389. The lowest BCUT2D eigenvalue weighted by Gasteiger charge is -2.06. The van der Waals surface area contributed by atoms with Gasteiger partial charge in [0.05, 0.1) is 11.6 Å². The largest absolute Gasteiger partial charge is 0.192 e. The summed E-state index contributed by atoms with van der Waals surface area (Å²) in [6.07, 6.45) is 6.00. The van der Waals surface area contributed by atoms with Crippen LogP contribution < -0.4 is 0 Å². The first-order chi connectivity index (χ1) is 9.74. The van der Waals surface area contributed by atoms with Gasteiger partial charge in [-0.25, -0.2) is 0 Å². The lowest BCUT2D eigenvalue weighted by Crippen LogP contribution is -1.91. The maximum Gasteiger partial charge on any atom is 0.0994 e. The monoisotopic (exact) mass is 283 g/mol. The van der Waals surface area contributed by atoms with E-state index >= 15 is 0 Å². The predicted molar refractivity (Wildman–Crippen MR) is 87.1 cm³/mol. The number of aryl methyl sites for hydroxylation is 2. The van der Waals surface area contributed by atoms with Crippen LogP contribution in [0.3, 0.4) is 0 Å². The molecule has 104 valence electrons. The van der Waals surface area contributed by atoms with E-state index in [9.17, 15) is 5.26 Å². The summed E-state index contributed by atoms with van der Waals surface area (Å²) in [5, 5.41) is 9.35. The Morgan fingerprint density at radius 1 is 1.10 bits per heavy atom. The highest BCUT2D eigenvalue weighted by atomic mass is 32.1. The molecule has 0 aliphatic carbocycles. The van der Waals surface area contributed by atoms with Gasteiger partial charge < -0.3 is 0 Å². The first kappa shape index (κ1) is 14.8. The van der Waals surface area contributed by atoms with Gasteiger partial charge in [-0.2, -0.15) is 5.26 Å². The molecule has 0 saturated heterocycles. The third-order valence-corrected chi connectivity index (χ3v) is 4.60. The van der Waals surface area contributed by atoms with E-state index in [-0.39, 0.29) is 0 Å². The van der Waals surface area contributed by atoms with Crippen LogP contribution in [0.25, 0.3) is 10.4 Å². The number of benzene rings is 1. The van der Waals surface area contributed by atoms with Gasteiger partial charge in [-0.3, -0.25) is 0 Å². The van der Waals surface area contributed by atoms with E-state index in [0.29, 0.717) is 0 Å². The first-order valence-electron chi connectivity index (χ1n) is 7.34. The number of nitrogens with zero attached hydrogens (tertiary/aromatic N) is 1. The highest BCUT2D eigenvalue weighted by Gasteiger charge is 2.06. The summed E-state index contributed by atoms with van der Waals surface area (Å²) >= 11 is 1.78. The quantitative estimate of drug-likeness (QED) is 0.622. The van der Waals surface area contributed by atoms with Gasteiger partial charge in [0.15, 0.2) is 0 Å². The molecule has 0 bridgehead atoms. The van der Waals surface area contributed by atoms with E-state index < -0.39 is 0 Å². The molecule has 0 unspecified atom stereocenters. The van der Waals surface area contributed by atoms with Crippen LogP contribution in [-0.4, -0.2) is 0 Å². The van der Waals surface area contributed by atoms with E-state index in [4.69, 9.17) is 0 Å². The van der Waals surface area contributed by atoms with Crippen LogP contribution in [0.15, 0.2) is 30.3 Å². The van der Waals surface area contributed by atoms with E-state index in [1.807, 2.05) is 6.07 Å². The summed E-state index contributed by atoms with van der Waals surface area (Å²) in [7, 11) is 0. The van der Waals surface area contributed by atoms with Gasteiger partial charge in [0, 0.05) is 9.75 Å². The van der Waals surface area contributed by atoms with Crippen molar-refractivity contribution in [3.8, 4) is 16.5 Å². The minimum absolute atomic E-state index is 0.838. The Kier molecular flexibility index (Phi) is 5.38. The highest BCUT2D eigenvalue weighted by molar-refractivity contribution is 7.15. The molecule has 1 heterocycles. The lowest BCUT2D eigenvalue weighted by atomic mass is 9.99. The molecule has 0 atom stereocenters. The normalized spacial score (nSPS) is 10.4. The Bertz CT molecular complexity index is 604. The van der Waals surface area contributed by atoms with Gasteiger partial charge in [-0.05, 0) is 49.1 Å². The van der Waals surface area contributed by atoms with Gasteiger partial charge in [0.2, 0.25) is 0 Å². The third kappa shape index (κ3) is 3.71. The molecule has 1 aromatic heterocycles. The Morgan fingerprint density at radius 2 is 1.95 bits per heavy atom. The van der Waals surface area contributed by atoms with Gasteiger partial charge >= 0.3 is 0 Å². The van der Waals surface area contributed by atoms with Gasteiger partial charge in [0.1, 0.15) is 0 Å². The zero-order chi connectivity index (χ0) is 14.4. The summed E-state index contributed by atoms with van der Waals surface area (Å²) in [4.78, 5) is 2.55. The maximum absolute atomic E-state index is 9.35. The third-order valence-electron chi connectivity index (χ3n) is 3.55. The first-order valence-corrected chi connectivity index (χ1v) is 8.16. The van der Waals surface area contributed by atoms with Gasteiger partial charge in [-0.15, -0.1) is 11.3 Å². The van der Waals surface area contributed by atoms with Crippen LogP contribution in [0.1, 0.15) is 48.6 Å². The summed E-state index contributed by atoms with van der Waals surface area (Å²) in [5.74, 6) is 0. The molecule has 20 heavy (non-hydrogen) atoms. The molecular formula is C18H21NS. The zero-order valence-corrected chi connectivity index (χ0v) is 13.1. The number of unbranched alkanes of at least 4 members (excludes halogenated alkanes) is 3. The van der Waals surface area contributed by atoms with E-state index in [1.165, 1.54) is 41.0 Å². The molecule has 1 aromatic carbocycles. The van der Waals surface area contributed by atoms with Crippen molar-refractivity contribution in [2.24, 2.45) is 0 Å². The second-order valence-corrected chi connectivity index (χ2v) is 6.49. The second-order valence-electron chi connectivity index (χ2n) is 5.20. The average Bonchev–Trinajstić information content (AvgIpc) is 2.90. The smallest absolute Gasteiger partial charge is 0.0994 e. The Morgan fingerprint density at radius 3 is 2.60 bits per heavy atom. The van der Waals surface area contributed by atoms with Crippen molar-refractivity contribution >= 4 is 11.3 Å². The fourth-order valence-corrected chi connectivity index (χ4v) is 3.25. The molecule has 0 fully saturated rings. The molecule has 1 nitrogen and oxygen atoms in total. The van der Waals surface area contributed by atoms with Crippen LogP contribution in [0.4, 0.5) is 0 Å². The van der Waals surface area contributed by atoms with Crippen LogP contribution in [0.2, 0.25) is 0 Å². The molecule has 2 aromatic rings. The van der Waals surface area contributed by atoms with Crippen molar-refractivity contribution in [2.75, 3.05) is 0 Å². The number of hydrogen-bond acceptors (Lipinski definition) is 2. The summed E-state index contributed by atoms with van der Waals surface area (Å²) < 4.78 is 0. The number of nitriles is 1. The zero-order valence-electron chi connectivity index (χ0n) is 12.3. The molecule has 0 aliphatic rings.